The average Bonchev–Trinajstić information content (AvgIpc) is 3.82. The molecule has 0 radical (unpaired) electrons. The van der Waals surface area contributed by atoms with Gasteiger partial charge in [0.05, 0.1) is 38.0 Å². The number of aromatic nitrogens is 24. The molecule has 444 valence electrons. The van der Waals surface area contributed by atoms with E-state index in [9.17, 15) is 57.5 Å². The molecule has 36 heteroatoms. The molecule has 0 spiro atoms. The van der Waals surface area contributed by atoms with Crippen LogP contribution in [0.3, 0.4) is 0 Å². The quantitative estimate of drug-likeness (QED) is 0.136. The first-order chi connectivity index (χ1) is 39.2. The van der Waals surface area contributed by atoms with E-state index in [4.69, 9.17) is 0 Å². The fraction of sp³-hybridized carbons (Fsp3) is 0.375. The summed E-state index contributed by atoms with van der Waals surface area (Å²) >= 11 is 0. The van der Waals surface area contributed by atoms with Crippen molar-refractivity contribution in [3.8, 4) is 0 Å². The molecule has 0 amide bonds. The van der Waals surface area contributed by atoms with E-state index < -0.39 is 0 Å². The first-order valence-electron chi connectivity index (χ1n) is 24.6. The van der Waals surface area contributed by atoms with Gasteiger partial charge in [-0.2, -0.15) is 0 Å². The molecule has 12 aromatic rings. The topological polar surface area (TPSA) is 371 Å². The van der Waals surface area contributed by atoms with Gasteiger partial charge in [0.25, 0.3) is 33.4 Å². The van der Waals surface area contributed by atoms with Crippen molar-refractivity contribution in [2.75, 3.05) is 0 Å². The van der Waals surface area contributed by atoms with Gasteiger partial charge in [0.15, 0.2) is 67.0 Å². The molecule has 0 unspecified atom stereocenters. The molecule has 12 heterocycles. The third-order valence-corrected chi connectivity index (χ3v) is 13.9. The number of rotatable bonds is 0. The highest BCUT2D eigenvalue weighted by Gasteiger charge is 2.17. The molecule has 0 atom stereocenters. The lowest BCUT2D eigenvalue weighted by molar-refractivity contribution is 0.705. The summed E-state index contributed by atoms with van der Waals surface area (Å²) in [5, 5.41) is 0. The highest BCUT2D eigenvalue weighted by atomic mass is 16.2. The molecule has 0 fully saturated rings. The number of fused-ring (bicyclic) bond motifs is 6. The second-order valence-electron chi connectivity index (χ2n) is 19.4. The first-order valence-corrected chi connectivity index (χ1v) is 24.6. The fourth-order valence-electron chi connectivity index (χ4n) is 8.83. The fourth-order valence-corrected chi connectivity index (χ4v) is 8.83. The average molecular weight is 1170 g/mol. The number of hydrogen-bond acceptors (Lipinski definition) is 18. The highest BCUT2D eigenvalue weighted by molar-refractivity contribution is 5.73. The summed E-state index contributed by atoms with van der Waals surface area (Å²) < 4.78 is 24.2. The van der Waals surface area contributed by atoms with Gasteiger partial charge in [-0.1, -0.05) is 0 Å². The standard InChI is InChI=1S/6C8H10N4O2/c6*1-10-4-9-6-5(10)7(13)12(3)8(14)11(6)2/h6*4H,1-3H3. The summed E-state index contributed by atoms with van der Waals surface area (Å²) in [6, 6.07) is 0. The van der Waals surface area contributed by atoms with Gasteiger partial charge in [0.1, 0.15) is 0 Å². The second-order valence-corrected chi connectivity index (χ2v) is 19.4. The zero-order chi connectivity index (χ0) is 62.7. The van der Waals surface area contributed by atoms with Crippen LogP contribution in [0, 0.1) is 0 Å². The largest absolute Gasteiger partial charge is 0.332 e. The second kappa shape index (κ2) is 22.4. The van der Waals surface area contributed by atoms with E-state index in [1.165, 1.54) is 108 Å². The van der Waals surface area contributed by atoms with E-state index in [2.05, 4.69) is 29.9 Å². The SMILES string of the molecule is Cn1c(=O)c2c(ncn2C)n(C)c1=O.Cn1c(=O)c2c(ncn2C)n(C)c1=O.Cn1c(=O)c2c(ncn2C)n(C)c1=O.Cn1c(=O)c2c(ncn2C)n(C)c1=O.Cn1c(=O)c2c(ncn2C)n(C)c1=O.Cn1c(=O)c2c(ncn2C)n(C)c1=O. The molecule has 0 aliphatic rings. The molecule has 0 N–H and O–H groups in total. The monoisotopic (exact) mass is 1160 g/mol. The Morgan fingerprint density at radius 3 is 0.405 bits per heavy atom. The van der Waals surface area contributed by atoms with Gasteiger partial charge in [0.2, 0.25) is 0 Å². The first kappa shape index (κ1) is 60.5. The molecule has 12 rings (SSSR count). The summed E-state index contributed by atoms with van der Waals surface area (Å²) in [6.45, 7) is 0. The van der Waals surface area contributed by atoms with Crippen molar-refractivity contribution in [1.29, 1.82) is 0 Å². The Hall–Kier alpha value is -11.1. The Balaban J connectivity index is 0.000000145. The maximum atomic E-state index is 11.7. The van der Waals surface area contributed by atoms with E-state index in [1.54, 1.807) is 112 Å². The number of nitrogens with zero attached hydrogens (tertiary/aromatic N) is 24. The van der Waals surface area contributed by atoms with Crippen LogP contribution in [-0.4, -0.2) is 112 Å². The molecular formula is C48H60N24O12. The van der Waals surface area contributed by atoms with Gasteiger partial charge in [-0.25, -0.2) is 58.7 Å². The van der Waals surface area contributed by atoms with Crippen LogP contribution in [0.25, 0.3) is 67.0 Å². The molecular weight excluding hydrogens is 1100 g/mol. The van der Waals surface area contributed by atoms with Crippen molar-refractivity contribution >= 4 is 67.0 Å². The highest BCUT2D eigenvalue weighted by Crippen LogP contribution is 2.06. The van der Waals surface area contributed by atoms with Crippen LogP contribution >= 0.6 is 0 Å². The zero-order valence-corrected chi connectivity index (χ0v) is 49.1. The van der Waals surface area contributed by atoms with Gasteiger partial charge < -0.3 is 27.4 Å². The third-order valence-electron chi connectivity index (χ3n) is 13.9. The van der Waals surface area contributed by atoms with Crippen molar-refractivity contribution in [2.24, 2.45) is 127 Å². The summed E-state index contributed by atoms with van der Waals surface area (Å²) in [5.41, 5.74) is 1.08. The Kier molecular flexibility index (Phi) is 16.2. The molecule has 84 heavy (non-hydrogen) atoms. The molecule has 0 saturated carbocycles. The maximum Gasteiger partial charge on any atom is 0.332 e. The van der Waals surface area contributed by atoms with E-state index in [1.807, 2.05) is 0 Å². The van der Waals surface area contributed by atoms with Crippen molar-refractivity contribution in [1.82, 2.24) is 112 Å². The van der Waals surface area contributed by atoms with Crippen molar-refractivity contribution in [2.45, 2.75) is 0 Å². The van der Waals surface area contributed by atoms with Gasteiger partial charge >= 0.3 is 34.1 Å². The minimum atomic E-state index is -0.360. The normalized spacial score (nSPS) is 11.1. The Morgan fingerprint density at radius 1 is 0.190 bits per heavy atom. The van der Waals surface area contributed by atoms with E-state index in [0.29, 0.717) is 67.0 Å². The predicted octanol–water partition coefficient (Wildman–Crippen LogP) is -6.18. The van der Waals surface area contributed by atoms with Crippen LogP contribution in [0.5, 0.6) is 0 Å². The summed E-state index contributed by atoms with van der Waals surface area (Å²) in [5.74, 6) is 0. The van der Waals surface area contributed by atoms with Crippen molar-refractivity contribution < 1.29 is 0 Å². The molecule has 0 aromatic carbocycles. The lowest BCUT2D eigenvalue weighted by Crippen LogP contribution is -2.37. The minimum Gasteiger partial charge on any atom is -0.328 e. The Morgan fingerprint density at radius 2 is 0.298 bits per heavy atom. The zero-order valence-electron chi connectivity index (χ0n) is 49.1. The summed E-state index contributed by atoms with van der Waals surface area (Å²) in [6.07, 6.45) is 9.12. The lowest BCUT2D eigenvalue weighted by Gasteiger charge is -2.02. The lowest BCUT2D eigenvalue weighted by atomic mass is 10.5. The van der Waals surface area contributed by atoms with Crippen LogP contribution in [0.2, 0.25) is 0 Å². The van der Waals surface area contributed by atoms with E-state index in [-0.39, 0.29) is 67.5 Å². The van der Waals surface area contributed by atoms with Crippen LogP contribution < -0.4 is 67.5 Å². The molecule has 0 saturated heterocycles. The molecule has 0 aliphatic carbocycles. The number of aryl methyl sites for hydroxylation is 12. The van der Waals surface area contributed by atoms with Crippen molar-refractivity contribution in [3.05, 3.63) is 163 Å². The molecule has 0 bridgehead atoms. The molecule has 12 aromatic heterocycles. The predicted molar refractivity (Wildman–Crippen MR) is 307 cm³/mol. The van der Waals surface area contributed by atoms with Gasteiger partial charge in [-0.05, 0) is 0 Å². The van der Waals surface area contributed by atoms with Gasteiger partial charge in [-0.3, -0.25) is 83.6 Å². The number of imidazole rings is 6. The Labute approximate surface area is 467 Å². The molecule has 36 nitrogen and oxygen atoms in total. The third kappa shape index (κ3) is 9.92. The maximum absolute atomic E-state index is 11.7. The summed E-state index contributed by atoms with van der Waals surface area (Å²) in [4.78, 5) is 163. The van der Waals surface area contributed by atoms with E-state index >= 15 is 0 Å². The number of hydrogen-bond donors (Lipinski definition) is 0. The van der Waals surface area contributed by atoms with Gasteiger partial charge in [0, 0.05) is 127 Å². The van der Waals surface area contributed by atoms with Gasteiger partial charge in [-0.15, -0.1) is 0 Å². The molecule has 0 aliphatic heterocycles. The van der Waals surface area contributed by atoms with Crippen LogP contribution in [0.15, 0.2) is 95.5 Å². The van der Waals surface area contributed by atoms with Crippen molar-refractivity contribution in [3.63, 3.8) is 0 Å². The van der Waals surface area contributed by atoms with Crippen LogP contribution in [0.1, 0.15) is 0 Å². The van der Waals surface area contributed by atoms with Crippen LogP contribution in [0.4, 0.5) is 0 Å². The smallest absolute Gasteiger partial charge is 0.328 e. The summed E-state index contributed by atoms with van der Waals surface area (Å²) in [7, 11) is 28.6. The van der Waals surface area contributed by atoms with E-state index in [0.717, 1.165) is 27.4 Å². The minimum absolute atomic E-state index is 0.317. The van der Waals surface area contributed by atoms with Crippen LogP contribution in [-0.2, 0) is 127 Å². The Bertz CT molecular complexity index is 4570.